The molecule has 1 N–H and O–H groups in total. The van der Waals surface area contributed by atoms with Gasteiger partial charge in [-0.25, -0.2) is 4.98 Å². The van der Waals surface area contributed by atoms with E-state index in [0.717, 1.165) is 52.3 Å². The number of hydrogen-bond donors (Lipinski definition) is 1. The molecule has 0 unspecified atom stereocenters. The Kier molecular flexibility index (Phi) is 4.52. The highest BCUT2D eigenvalue weighted by molar-refractivity contribution is 5.98. The maximum atomic E-state index is 9.56. The van der Waals surface area contributed by atoms with E-state index in [2.05, 4.69) is 47.8 Å². The Balaban J connectivity index is 1.66. The Morgan fingerprint density at radius 2 is 2.00 bits per heavy atom. The van der Waals surface area contributed by atoms with E-state index in [0.29, 0.717) is 30.1 Å². The van der Waals surface area contributed by atoms with Crippen molar-refractivity contribution in [2.75, 3.05) is 31.2 Å². The summed E-state index contributed by atoms with van der Waals surface area (Å²) in [6.45, 7) is 5.01. The number of H-pyrrole nitrogens is 1. The Morgan fingerprint density at radius 1 is 1.12 bits per heavy atom. The molecule has 1 saturated heterocycles. The summed E-state index contributed by atoms with van der Waals surface area (Å²) < 4.78 is 7.69. The highest BCUT2D eigenvalue weighted by Gasteiger charge is 2.21. The van der Waals surface area contributed by atoms with Crippen LogP contribution in [0, 0.1) is 18.3 Å². The second-order valence-electron chi connectivity index (χ2n) is 7.94. The lowest BCUT2D eigenvalue weighted by molar-refractivity contribution is 0.122. The SMILES string of the molecule is Cc1nc2c(-c3nnc[nH]3)cc(N3CCOCC3)cc2n1-c1ccnc2c(C#N)cccc12. The molecule has 0 atom stereocenters. The molecule has 1 fully saturated rings. The maximum Gasteiger partial charge on any atom is 0.163 e. The number of nitrogens with zero attached hydrogens (tertiary/aromatic N) is 7. The van der Waals surface area contributed by atoms with Gasteiger partial charge in [-0.1, -0.05) is 12.1 Å². The number of rotatable bonds is 3. The molecule has 0 bridgehead atoms. The van der Waals surface area contributed by atoms with Gasteiger partial charge in [-0.3, -0.25) is 9.55 Å². The van der Waals surface area contributed by atoms with Crippen LogP contribution in [0.2, 0.25) is 0 Å². The van der Waals surface area contributed by atoms with Crippen molar-refractivity contribution in [3.05, 3.63) is 60.3 Å². The van der Waals surface area contributed by atoms with Crippen LogP contribution in [0.15, 0.2) is 48.9 Å². The number of imidazole rings is 1. The maximum absolute atomic E-state index is 9.56. The minimum atomic E-state index is 0.549. The van der Waals surface area contributed by atoms with Gasteiger partial charge in [0.25, 0.3) is 0 Å². The van der Waals surface area contributed by atoms with Gasteiger partial charge in [0.15, 0.2) is 5.82 Å². The largest absolute Gasteiger partial charge is 0.378 e. The van der Waals surface area contributed by atoms with E-state index in [4.69, 9.17) is 9.72 Å². The van der Waals surface area contributed by atoms with Gasteiger partial charge in [-0.15, -0.1) is 10.2 Å². The molecule has 162 valence electrons. The second kappa shape index (κ2) is 7.69. The van der Waals surface area contributed by atoms with Crippen molar-refractivity contribution in [3.8, 4) is 23.1 Å². The summed E-state index contributed by atoms with van der Waals surface area (Å²) in [7, 11) is 0. The molecule has 2 aromatic carbocycles. The molecule has 4 heterocycles. The predicted molar refractivity (Wildman–Crippen MR) is 124 cm³/mol. The Bertz CT molecular complexity index is 1520. The van der Waals surface area contributed by atoms with Gasteiger partial charge in [-0.2, -0.15) is 5.26 Å². The minimum absolute atomic E-state index is 0.549. The van der Waals surface area contributed by atoms with Gasteiger partial charge in [0.1, 0.15) is 23.7 Å². The number of fused-ring (bicyclic) bond motifs is 2. The number of nitriles is 1. The highest BCUT2D eigenvalue weighted by Crippen LogP contribution is 2.35. The molecule has 33 heavy (non-hydrogen) atoms. The van der Waals surface area contributed by atoms with Crippen LogP contribution < -0.4 is 4.90 Å². The van der Waals surface area contributed by atoms with Crippen molar-refractivity contribution in [1.82, 2.24) is 29.7 Å². The molecule has 0 radical (unpaired) electrons. The van der Waals surface area contributed by atoms with Gasteiger partial charge >= 0.3 is 0 Å². The summed E-state index contributed by atoms with van der Waals surface area (Å²) >= 11 is 0. The molecule has 9 nitrogen and oxygen atoms in total. The Morgan fingerprint density at radius 3 is 2.79 bits per heavy atom. The van der Waals surface area contributed by atoms with E-state index in [1.54, 1.807) is 18.6 Å². The van der Waals surface area contributed by atoms with Crippen LogP contribution in [-0.4, -0.2) is 56.0 Å². The fourth-order valence-corrected chi connectivity index (χ4v) is 4.55. The normalized spacial score (nSPS) is 14.1. The molecular weight excluding hydrogens is 416 g/mol. The van der Waals surface area contributed by atoms with E-state index < -0.39 is 0 Å². The predicted octanol–water partition coefficient (Wildman–Crippen LogP) is 3.38. The third-order valence-corrected chi connectivity index (χ3v) is 6.07. The summed E-state index contributed by atoms with van der Waals surface area (Å²) in [5.41, 5.74) is 5.92. The molecular formula is C24H20N8O. The first-order valence-electron chi connectivity index (χ1n) is 10.7. The van der Waals surface area contributed by atoms with Crippen molar-refractivity contribution in [1.29, 1.82) is 5.26 Å². The number of aromatic nitrogens is 6. The third-order valence-electron chi connectivity index (χ3n) is 6.07. The van der Waals surface area contributed by atoms with E-state index >= 15 is 0 Å². The summed E-state index contributed by atoms with van der Waals surface area (Å²) in [5.74, 6) is 1.51. The lowest BCUT2D eigenvalue weighted by atomic mass is 10.1. The second-order valence-corrected chi connectivity index (χ2v) is 7.94. The van der Waals surface area contributed by atoms with Crippen LogP contribution in [0.25, 0.3) is 39.0 Å². The first-order chi connectivity index (χ1) is 16.2. The zero-order valence-electron chi connectivity index (χ0n) is 18.0. The summed E-state index contributed by atoms with van der Waals surface area (Å²) in [6.07, 6.45) is 3.32. The number of nitrogens with one attached hydrogen (secondary N) is 1. The molecule has 9 heteroatoms. The van der Waals surface area contributed by atoms with E-state index in [1.165, 1.54) is 0 Å². The molecule has 0 saturated carbocycles. The first kappa shape index (κ1) is 19.4. The zero-order chi connectivity index (χ0) is 22.4. The number of anilines is 1. The lowest BCUT2D eigenvalue weighted by Gasteiger charge is -2.29. The molecule has 0 amide bonds. The van der Waals surface area contributed by atoms with Gasteiger partial charge in [0, 0.05) is 35.9 Å². The summed E-state index contributed by atoms with van der Waals surface area (Å²) in [6, 6.07) is 14.2. The van der Waals surface area contributed by atoms with Crippen LogP contribution in [0.4, 0.5) is 5.69 Å². The molecule has 3 aromatic heterocycles. The van der Waals surface area contributed by atoms with Gasteiger partial charge in [0.05, 0.1) is 35.5 Å². The smallest absolute Gasteiger partial charge is 0.163 e. The summed E-state index contributed by atoms with van der Waals surface area (Å²) in [4.78, 5) is 14.8. The quantitative estimate of drug-likeness (QED) is 0.462. The monoisotopic (exact) mass is 436 g/mol. The fraction of sp³-hybridized carbons (Fsp3) is 0.208. The number of morpholine rings is 1. The van der Waals surface area contributed by atoms with Crippen LogP contribution in [0.1, 0.15) is 11.4 Å². The first-order valence-corrected chi connectivity index (χ1v) is 10.7. The lowest BCUT2D eigenvalue weighted by Crippen LogP contribution is -2.36. The molecule has 0 spiro atoms. The molecule has 1 aliphatic rings. The topological polar surface area (TPSA) is 109 Å². The third kappa shape index (κ3) is 3.11. The number of ether oxygens (including phenoxy) is 1. The van der Waals surface area contributed by atoms with Crippen molar-refractivity contribution in [2.45, 2.75) is 6.92 Å². The highest BCUT2D eigenvalue weighted by atomic mass is 16.5. The van der Waals surface area contributed by atoms with Crippen LogP contribution in [0.3, 0.4) is 0 Å². The minimum Gasteiger partial charge on any atom is -0.378 e. The van der Waals surface area contributed by atoms with Crippen LogP contribution in [0.5, 0.6) is 0 Å². The number of aromatic amines is 1. The number of para-hydroxylation sites is 1. The molecule has 1 aliphatic heterocycles. The van der Waals surface area contributed by atoms with E-state index in [9.17, 15) is 5.26 Å². The average Bonchev–Trinajstić information content (AvgIpc) is 3.51. The molecule has 6 rings (SSSR count). The number of benzene rings is 2. The van der Waals surface area contributed by atoms with Gasteiger partial charge in [-0.05, 0) is 31.2 Å². The summed E-state index contributed by atoms with van der Waals surface area (Å²) in [5, 5.41) is 18.7. The Hall–Kier alpha value is -4.29. The number of aryl methyl sites for hydroxylation is 1. The van der Waals surface area contributed by atoms with Crippen molar-refractivity contribution in [2.24, 2.45) is 0 Å². The number of hydrogen-bond acceptors (Lipinski definition) is 7. The Labute approximate surface area is 189 Å². The van der Waals surface area contributed by atoms with Crippen molar-refractivity contribution < 1.29 is 4.74 Å². The van der Waals surface area contributed by atoms with Gasteiger partial charge < -0.3 is 14.6 Å². The molecule has 0 aliphatic carbocycles. The molecule has 5 aromatic rings. The standard InChI is InChI=1S/C24H20N8O/c1-15-29-23-19(24-27-14-28-30-24)11-17(31-7-9-33-10-8-31)12-21(23)32(15)20-5-6-26-22-16(13-25)3-2-4-18(20)22/h2-6,11-12,14H,7-10H2,1H3,(H,27,28,30). The zero-order valence-corrected chi connectivity index (χ0v) is 18.0. The van der Waals surface area contributed by atoms with Crippen LogP contribution >= 0.6 is 0 Å². The average molecular weight is 436 g/mol. The van der Waals surface area contributed by atoms with E-state index in [-0.39, 0.29) is 0 Å². The van der Waals surface area contributed by atoms with Crippen molar-refractivity contribution in [3.63, 3.8) is 0 Å². The van der Waals surface area contributed by atoms with Crippen LogP contribution in [-0.2, 0) is 4.74 Å². The van der Waals surface area contributed by atoms with Crippen molar-refractivity contribution >= 4 is 27.6 Å². The number of pyridine rings is 1. The van der Waals surface area contributed by atoms with Gasteiger partial charge in [0.2, 0.25) is 0 Å². The fourth-order valence-electron chi connectivity index (χ4n) is 4.55. The van der Waals surface area contributed by atoms with E-state index in [1.807, 2.05) is 25.1 Å².